The van der Waals surface area contributed by atoms with Crippen LogP contribution in [0.2, 0.25) is 5.02 Å². The average Bonchev–Trinajstić information content (AvgIpc) is 2.45. The summed E-state index contributed by atoms with van der Waals surface area (Å²) in [7, 11) is -3.13. The van der Waals surface area contributed by atoms with Crippen molar-refractivity contribution in [1.82, 2.24) is 0 Å². The smallest absolute Gasteiger partial charge is 0.337 e. The molecule has 0 aromatic heterocycles. The fraction of sp³-hybridized carbons (Fsp3) is 0.0714. The van der Waals surface area contributed by atoms with E-state index in [0.717, 1.165) is 25.3 Å². The molecule has 0 spiro atoms. The van der Waals surface area contributed by atoms with Gasteiger partial charge < -0.3 is 4.74 Å². The van der Waals surface area contributed by atoms with Crippen molar-refractivity contribution in [3.63, 3.8) is 0 Å². The first-order valence-corrected chi connectivity index (χ1v) is 7.96. The molecule has 0 atom stereocenters. The van der Waals surface area contributed by atoms with Crippen LogP contribution in [-0.4, -0.2) is 21.5 Å². The number of rotatable bonds is 4. The summed E-state index contributed by atoms with van der Waals surface area (Å²) < 4.78 is 57.4. The largest absolute Gasteiger partial charge is 0.465 e. The number of nitrogens with one attached hydrogen (secondary N) is 1. The second kappa shape index (κ2) is 6.51. The number of halogens is 3. The number of carbonyl (C=O) groups excluding carboxylic acids is 1. The van der Waals surface area contributed by atoms with Gasteiger partial charge in [0.1, 0.15) is 16.5 Å². The molecule has 0 saturated carbocycles. The van der Waals surface area contributed by atoms with Crippen molar-refractivity contribution in [3.05, 3.63) is 58.6 Å². The maximum absolute atomic E-state index is 13.1. The Morgan fingerprint density at radius 2 is 1.74 bits per heavy atom. The quantitative estimate of drug-likeness (QED) is 0.849. The van der Waals surface area contributed by atoms with Gasteiger partial charge in [0, 0.05) is 6.07 Å². The molecule has 5 nitrogen and oxygen atoms in total. The average molecular weight is 362 g/mol. The highest BCUT2D eigenvalue weighted by molar-refractivity contribution is 7.92. The van der Waals surface area contributed by atoms with Gasteiger partial charge in [-0.05, 0) is 30.3 Å². The summed E-state index contributed by atoms with van der Waals surface area (Å²) >= 11 is 5.84. The van der Waals surface area contributed by atoms with Crippen LogP contribution < -0.4 is 4.72 Å². The molecule has 0 fully saturated rings. The molecule has 0 aliphatic carbocycles. The Labute approximate surface area is 135 Å². The number of carbonyl (C=O) groups is 1. The molecule has 0 amide bonds. The van der Waals surface area contributed by atoms with E-state index in [1.165, 1.54) is 12.1 Å². The lowest BCUT2D eigenvalue weighted by Crippen LogP contribution is -2.15. The molecule has 23 heavy (non-hydrogen) atoms. The van der Waals surface area contributed by atoms with Crippen LogP contribution in [0.5, 0.6) is 0 Å². The number of hydrogen-bond acceptors (Lipinski definition) is 4. The third-order valence-electron chi connectivity index (χ3n) is 2.76. The Balaban J connectivity index is 2.45. The molecule has 122 valence electrons. The van der Waals surface area contributed by atoms with Gasteiger partial charge in [-0.2, -0.15) is 0 Å². The predicted octanol–water partition coefficient (Wildman–Crippen LogP) is 3.21. The molecule has 0 aliphatic rings. The van der Waals surface area contributed by atoms with Crippen molar-refractivity contribution in [2.24, 2.45) is 0 Å². The molecule has 0 unspecified atom stereocenters. The summed E-state index contributed by atoms with van der Waals surface area (Å²) in [6.07, 6.45) is 0. The van der Waals surface area contributed by atoms with Gasteiger partial charge in [-0.25, -0.2) is 22.0 Å². The van der Waals surface area contributed by atoms with E-state index in [9.17, 15) is 22.0 Å². The van der Waals surface area contributed by atoms with Gasteiger partial charge >= 0.3 is 5.97 Å². The molecule has 0 aliphatic heterocycles. The zero-order chi connectivity index (χ0) is 17.2. The highest BCUT2D eigenvalue weighted by atomic mass is 35.5. The maximum Gasteiger partial charge on any atom is 0.337 e. The summed E-state index contributed by atoms with van der Waals surface area (Å²) in [6, 6.07) is 5.70. The summed E-state index contributed by atoms with van der Waals surface area (Å²) in [6.45, 7) is 0. The van der Waals surface area contributed by atoms with Gasteiger partial charge in [0.2, 0.25) is 0 Å². The molecule has 0 heterocycles. The van der Waals surface area contributed by atoms with Gasteiger partial charge in [-0.3, -0.25) is 4.72 Å². The number of hydrogen-bond donors (Lipinski definition) is 1. The van der Waals surface area contributed by atoms with Gasteiger partial charge in [0.15, 0.2) is 0 Å². The van der Waals surface area contributed by atoms with Crippen LogP contribution in [0.15, 0.2) is 41.3 Å². The van der Waals surface area contributed by atoms with Crippen molar-refractivity contribution in [2.75, 3.05) is 11.8 Å². The second-order valence-corrected chi connectivity index (χ2v) is 6.46. The first-order chi connectivity index (χ1) is 10.7. The summed E-state index contributed by atoms with van der Waals surface area (Å²) in [4.78, 5) is 11.0. The van der Waals surface area contributed by atoms with Gasteiger partial charge in [0.25, 0.3) is 10.0 Å². The fourth-order valence-electron chi connectivity index (χ4n) is 1.78. The number of esters is 1. The minimum absolute atomic E-state index is 0.0392. The Kier molecular flexibility index (Phi) is 4.86. The van der Waals surface area contributed by atoms with E-state index in [0.29, 0.717) is 6.07 Å². The molecule has 0 saturated heterocycles. The van der Waals surface area contributed by atoms with E-state index in [2.05, 4.69) is 4.74 Å². The van der Waals surface area contributed by atoms with E-state index in [4.69, 9.17) is 11.6 Å². The molecule has 2 aromatic rings. The van der Waals surface area contributed by atoms with E-state index < -0.39 is 32.5 Å². The maximum atomic E-state index is 13.1. The third-order valence-corrected chi connectivity index (χ3v) is 4.62. The minimum Gasteiger partial charge on any atom is -0.465 e. The first-order valence-electron chi connectivity index (χ1n) is 6.10. The summed E-state index contributed by atoms with van der Waals surface area (Å²) in [5, 5.41) is -0.165. The number of ether oxygens (including phenoxy) is 1. The van der Waals surface area contributed by atoms with Crippen molar-refractivity contribution in [2.45, 2.75) is 4.90 Å². The monoisotopic (exact) mass is 361 g/mol. The van der Waals surface area contributed by atoms with Crippen LogP contribution in [0.4, 0.5) is 14.5 Å². The SMILES string of the molecule is COC(=O)c1ccc(Cl)c(S(=O)(=O)Nc2cc(F)cc(F)c2)c1. The number of benzene rings is 2. The number of sulfonamides is 1. The summed E-state index contributed by atoms with van der Waals surface area (Å²) in [5.74, 6) is -2.65. The molecular formula is C14H10ClF2NO4S. The lowest BCUT2D eigenvalue weighted by molar-refractivity contribution is 0.0600. The second-order valence-electron chi connectivity index (χ2n) is 4.40. The molecule has 2 rings (SSSR count). The fourth-order valence-corrected chi connectivity index (χ4v) is 3.34. The standard InChI is InChI=1S/C14H10ClF2NO4S/c1-22-14(19)8-2-3-12(15)13(4-8)23(20,21)18-11-6-9(16)5-10(17)7-11/h2-7,18H,1H3. The van der Waals surface area contributed by atoms with Crippen LogP contribution in [-0.2, 0) is 14.8 Å². The number of anilines is 1. The normalized spacial score (nSPS) is 11.1. The van der Waals surface area contributed by atoms with Crippen molar-refractivity contribution < 1.29 is 26.7 Å². The third kappa shape index (κ3) is 3.96. The summed E-state index contributed by atoms with van der Waals surface area (Å²) in [5.41, 5.74) is -0.357. The minimum atomic E-state index is -4.26. The lowest BCUT2D eigenvalue weighted by Gasteiger charge is -2.11. The van der Waals surface area contributed by atoms with Crippen LogP contribution >= 0.6 is 11.6 Å². The van der Waals surface area contributed by atoms with Crippen molar-refractivity contribution in [3.8, 4) is 0 Å². The van der Waals surface area contributed by atoms with Crippen molar-refractivity contribution >= 4 is 33.3 Å². The Hall–Kier alpha value is -2.19. The Morgan fingerprint density at radius 1 is 1.13 bits per heavy atom. The van der Waals surface area contributed by atoms with Crippen LogP contribution in [0.25, 0.3) is 0 Å². The van der Waals surface area contributed by atoms with E-state index in [-0.39, 0.29) is 16.3 Å². The predicted molar refractivity (Wildman–Crippen MR) is 80.0 cm³/mol. The highest BCUT2D eigenvalue weighted by Crippen LogP contribution is 2.26. The lowest BCUT2D eigenvalue weighted by atomic mass is 10.2. The molecule has 9 heteroatoms. The molecular weight excluding hydrogens is 352 g/mol. The van der Waals surface area contributed by atoms with Gasteiger partial charge in [-0.1, -0.05) is 11.6 Å². The number of methoxy groups -OCH3 is 1. The zero-order valence-corrected chi connectivity index (χ0v) is 13.2. The molecule has 0 radical (unpaired) electrons. The Morgan fingerprint density at radius 3 is 2.30 bits per heavy atom. The zero-order valence-electron chi connectivity index (χ0n) is 11.6. The van der Waals surface area contributed by atoms with Crippen LogP contribution in [0.3, 0.4) is 0 Å². The van der Waals surface area contributed by atoms with Gasteiger partial charge in [-0.15, -0.1) is 0 Å². The molecule has 2 aromatic carbocycles. The first kappa shape index (κ1) is 17.2. The van der Waals surface area contributed by atoms with E-state index >= 15 is 0 Å². The van der Waals surface area contributed by atoms with Gasteiger partial charge in [0.05, 0.1) is 23.4 Å². The highest BCUT2D eigenvalue weighted by Gasteiger charge is 2.21. The van der Waals surface area contributed by atoms with E-state index in [1.807, 2.05) is 4.72 Å². The van der Waals surface area contributed by atoms with Crippen molar-refractivity contribution in [1.29, 1.82) is 0 Å². The Bertz CT molecular complexity index is 851. The van der Waals surface area contributed by atoms with Crippen LogP contribution in [0, 0.1) is 11.6 Å². The van der Waals surface area contributed by atoms with Crippen LogP contribution in [0.1, 0.15) is 10.4 Å². The molecule has 1 N–H and O–H groups in total. The van der Waals surface area contributed by atoms with E-state index in [1.54, 1.807) is 0 Å². The topological polar surface area (TPSA) is 72.5 Å². The molecule has 0 bridgehead atoms.